The molecule has 0 atom stereocenters. The number of carbonyl (C=O) groups is 1. The molecule has 3 N–H and O–H groups in total. The highest BCUT2D eigenvalue weighted by molar-refractivity contribution is 5.76. The molecule has 1 aromatic rings. The maximum absolute atomic E-state index is 11.5. The number of para-hydroxylation sites is 1. The minimum absolute atomic E-state index is 0.0345. The van der Waals surface area contributed by atoms with Crippen molar-refractivity contribution in [2.45, 2.75) is 39.3 Å². The lowest BCUT2D eigenvalue weighted by Gasteiger charge is -2.20. The summed E-state index contributed by atoms with van der Waals surface area (Å²) in [6, 6.07) is 7.18. The van der Waals surface area contributed by atoms with Crippen LogP contribution in [0, 0.1) is 0 Å². The van der Waals surface area contributed by atoms with Crippen molar-refractivity contribution in [3.8, 4) is 5.75 Å². The zero-order valence-electron chi connectivity index (χ0n) is 11.3. The first-order valence-corrected chi connectivity index (χ1v) is 6.17. The van der Waals surface area contributed by atoms with Crippen molar-refractivity contribution in [1.82, 2.24) is 10.6 Å². The maximum Gasteiger partial charge on any atom is 0.221 e. The van der Waals surface area contributed by atoms with Crippen LogP contribution in [-0.2, 0) is 11.3 Å². The Bertz CT molecular complexity index is 397. The molecule has 18 heavy (non-hydrogen) atoms. The Morgan fingerprint density at radius 2 is 1.94 bits per heavy atom. The van der Waals surface area contributed by atoms with E-state index in [1.54, 1.807) is 12.1 Å². The molecule has 1 aromatic carbocycles. The van der Waals surface area contributed by atoms with E-state index in [0.29, 0.717) is 19.5 Å². The third-order valence-electron chi connectivity index (χ3n) is 2.35. The molecule has 0 spiro atoms. The summed E-state index contributed by atoms with van der Waals surface area (Å²) in [6.45, 7) is 7.03. The van der Waals surface area contributed by atoms with E-state index in [-0.39, 0.29) is 17.2 Å². The van der Waals surface area contributed by atoms with Crippen LogP contribution in [0.5, 0.6) is 5.75 Å². The lowest BCUT2D eigenvalue weighted by molar-refractivity contribution is -0.122. The van der Waals surface area contributed by atoms with Crippen LogP contribution in [0.3, 0.4) is 0 Å². The van der Waals surface area contributed by atoms with Gasteiger partial charge in [-0.15, -0.1) is 0 Å². The topological polar surface area (TPSA) is 61.4 Å². The molecule has 0 aliphatic carbocycles. The Balaban J connectivity index is 2.23. The molecule has 0 radical (unpaired) electrons. The van der Waals surface area contributed by atoms with Gasteiger partial charge in [-0.3, -0.25) is 4.79 Å². The zero-order chi connectivity index (χ0) is 13.6. The molecule has 0 aromatic heterocycles. The van der Waals surface area contributed by atoms with Crippen LogP contribution in [0.1, 0.15) is 32.8 Å². The molecule has 0 fully saturated rings. The molecule has 0 saturated carbocycles. The summed E-state index contributed by atoms with van der Waals surface area (Å²) in [4.78, 5) is 11.5. The van der Waals surface area contributed by atoms with Crippen molar-refractivity contribution < 1.29 is 9.90 Å². The molecule has 0 unspecified atom stereocenters. The van der Waals surface area contributed by atoms with Crippen LogP contribution in [0.15, 0.2) is 24.3 Å². The fraction of sp³-hybridized carbons (Fsp3) is 0.500. The van der Waals surface area contributed by atoms with E-state index in [4.69, 9.17) is 0 Å². The number of benzene rings is 1. The second-order valence-corrected chi connectivity index (χ2v) is 5.35. The van der Waals surface area contributed by atoms with Crippen molar-refractivity contribution in [2.75, 3.05) is 6.54 Å². The first-order chi connectivity index (χ1) is 8.38. The van der Waals surface area contributed by atoms with E-state index in [2.05, 4.69) is 10.6 Å². The smallest absolute Gasteiger partial charge is 0.221 e. The molecular weight excluding hydrogens is 228 g/mol. The zero-order valence-corrected chi connectivity index (χ0v) is 11.3. The molecule has 0 saturated heterocycles. The molecule has 1 amide bonds. The predicted molar refractivity (Wildman–Crippen MR) is 72.3 cm³/mol. The van der Waals surface area contributed by atoms with Crippen molar-refractivity contribution in [1.29, 1.82) is 0 Å². The first kappa shape index (κ1) is 14.5. The number of hydrogen-bond acceptors (Lipinski definition) is 3. The van der Waals surface area contributed by atoms with Gasteiger partial charge in [-0.05, 0) is 26.8 Å². The number of carbonyl (C=O) groups excluding carboxylic acids is 1. The molecule has 0 aliphatic heterocycles. The van der Waals surface area contributed by atoms with Crippen molar-refractivity contribution in [3.05, 3.63) is 29.8 Å². The normalized spacial score (nSPS) is 11.3. The van der Waals surface area contributed by atoms with Gasteiger partial charge in [0.15, 0.2) is 0 Å². The summed E-state index contributed by atoms with van der Waals surface area (Å²) >= 11 is 0. The van der Waals surface area contributed by atoms with Gasteiger partial charge >= 0.3 is 0 Å². The van der Waals surface area contributed by atoms with Gasteiger partial charge in [-0.1, -0.05) is 18.2 Å². The minimum Gasteiger partial charge on any atom is -0.508 e. The van der Waals surface area contributed by atoms with Crippen LogP contribution in [0.25, 0.3) is 0 Å². The Hall–Kier alpha value is -1.55. The van der Waals surface area contributed by atoms with Gasteiger partial charge in [0.1, 0.15) is 5.75 Å². The highest BCUT2D eigenvalue weighted by atomic mass is 16.3. The van der Waals surface area contributed by atoms with Gasteiger partial charge in [0, 0.05) is 30.6 Å². The summed E-state index contributed by atoms with van der Waals surface area (Å²) < 4.78 is 0. The minimum atomic E-state index is -0.186. The Morgan fingerprint density at radius 3 is 2.56 bits per heavy atom. The third-order valence-corrected chi connectivity index (χ3v) is 2.35. The van der Waals surface area contributed by atoms with Gasteiger partial charge < -0.3 is 15.7 Å². The number of rotatable bonds is 5. The van der Waals surface area contributed by atoms with Crippen LogP contribution in [-0.4, -0.2) is 23.1 Å². The van der Waals surface area contributed by atoms with Gasteiger partial charge in [-0.2, -0.15) is 0 Å². The van der Waals surface area contributed by atoms with Gasteiger partial charge in [0.05, 0.1) is 0 Å². The monoisotopic (exact) mass is 250 g/mol. The van der Waals surface area contributed by atoms with E-state index < -0.39 is 0 Å². The Labute approximate surface area is 108 Å². The van der Waals surface area contributed by atoms with E-state index in [1.165, 1.54) is 0 Å². The fourth-order valence-electron chi connectivity index (χ4n) is 1.57. The molecule has 0 aliphatic rings. The molecule has 4 nitrogen and oxygen atoms in total. The number of hydrogen-bond donors (Lipinski definition) is 3. The third kappa shape index (κ3) is 5.68. The number of amides is 1. The van der Waals surface area contributed by atoms with E-state index in [1.807, 2.05) is 32.9 Å². The molecule has 0 heterocycles. The summed E-state index contributed by atoms with van der Waals surface area (Å²) in [5, 5.41) is 15.6. The van der Waals surface area contributed by atoms with Crippen LogP contribution >= 0.6 is 0 Å². The van der Waals surface area contributed by atoms with Gasteiger partial charge in [0.2, 0.25) is 5.91 Å². The van der Waals surface area contributed by atoms with Gasteiger partial charge in [0.25, 0.3) is 0 Å². The summed E-state index contributed by atoms with van der Waals surface area (Å²) in [5.74, 6) is 0.316. The van der Waals surface area contributed by atoms with Crippen LogP contribution in [0.2, 0.25) is 0 Å². The van der Waals surface area contributed by atoms with E-state index in [9.17, 15) is 9.90 Å². The highest BCUT2D eigenvalue weighted by Gasteiger charge is 2.12. The molecule has 1 rings (SSSR count). The lowest BCUT2D eigenvalue weighted by Crippen LogP contribution is -2.41. The quantitative estimate of drug-likeness (QED) is 0.698. The predicted octanol–water partition coefficient (Wildman–Crippen LogP) is 1.79. The average Bonchev–Trinajstić information content (AvgIpc) is 2.24. The van der Waals surface area contributed by atoms with E-state index in [0.717, 1.165) is 5.56 Å². The fourth-order valence-corrected chi connectivity index (χ4v) is 1.57. The Kier molecular flexibility index (Phi) is 5.16. The molecule has 4 heteroatoms. The van der Waals surface area contributed by atoms with Crippen molar-refractivity contribution >= 4 is 5.91 Å². The SMILES string of the molecule is CC(C)(C)NC(=O)CCNCc1ccccc1O. The molecule has 100 valence electrons. The van der Waals surface area contributed by atoms with Crippen LogP contribution in [0.4, 0.5) is 0 Å². The summed E-state index contributed by atoms with van der Waals surface area (Å²) in [5.41, 5.74) is 0.656. The number of phenols is 1. The second-order valence-electron chi connectivity index (χ2n) is 5.35. The summed E-state index contributed by atoms with van der Waals surface area (Å²) in [6.07, 6.45) is 0.435. The highest BCUT2D eigenvalue weighted by Crippen LogP contribution is 2.14. The lowest BCUT2D eigenvalue weighted by atomic mass is 10.1. The largest absolute Gasteiger partial charge is 0.508 e. The van der Waals surface area contributed by atoms with Crippen molar-refractivity contribution in [2.24, 2.45) is 0 Å². The van der Waals surface area contributed by atoms with Crippen molar-refractivity contribution in [3.63, 3.8) is 0 Å². The Morgan fingerprint density at radius 1 is 1.28 bits per heavy atom. The van der Waals surface area contributed by atoms with Crippen LogP contribution < -0.4 is 10.6 Å². The number of aromatic hydroxyl groups is 1. The molecular formula is C14H22N2O2. The summed E-state index contributed by atoms with van der Waals surface area (Å²) in [7, 11) is 0. The molecule has 0 bridgehead atoms. The standard InChI is InChI=1S/C14H22N2O2/c1-14(2,3)16-13(18)8-9-15-10-11-6-4-5-7-12(11)17/h4-7,15,17H,8-10H2,1-3H3,(H,16,18). The average molecular weight is 250 g/mol. The maximum atomic E-state index is 11.5. The number of nitrogens with one attached hydrogen (secondary N) is 2. The van der Waals surface area contributed by atoms with E-state index >= 15 is 0 Å². The van der Waals surface area contributed by atoms with Gasteiger partial charge in [-0.25, -0.2) is 0 Å². The number of phenolic OH excluding ortho intramolecular Hbond substituents is 1. The second kappa shape index (κ2) is 6.40. The first-order valence-electron chi connectivity index (χ1n) is 6.17.